The molecule has 0 amide bonds. The molecule has 0 saturated carbocycles. The highest BCUT2D eigenvalue weighted by atomic mass is 16.5. The van der Waals surface area contributed by atoms with Gasteiger partial charge in [0.25, 0.3) is 5.56 Å². The second-order valence-corrected chi connectivity index (χ2v) is 8.51. The first-order valence-corrected chi connectivity index (χ1v) is 11.0. The van der Waals surface area contributed by atoms with Gasteiger partial charge in [-0.2, -0.15) is 0 Å². The minimum atomic E-state index is -1.45. The van der Waals surface area contributed by atoms with Gasteiger partial charge in [0.15, 0.2) is 5.56 Å². The zero-order valence-corrected chi connectivity index (χ0v) is 19.7. The van der Waals surface area contributed by atoms with E-state index in [0.717, 1.165) is 23.2 Å². The Morgan fingerprint density at radius 3 is 2.50 bits per heavy atom. The monoisotopic (exact) mass is 464 g/mol. The maximum atomic E-state index is 13.5. The molecule has 4 rings (SSSR count). The maximum absolute atomic E-state index is 13.5. The van der Waals surface area contributed by atoms with E-state index in [9.17, 15) is 19.8 Å². The van der Waals surface area contributed by atoms with Crippen molar-refractivity contribution in [3.05, 3.63) is 69.0 Å². The highest BCUT2D eigenvalue weighted by Gasteiger charge is 2.29. The van der Waals surface area contributed by atoms with Crippen molar-refractivity contribution in [1.29, 1.82) is 0 Å². The third kappa shape index (κ3) is 3.96. The third-order valence-electron chi connectivity index (χ3n) is 6.31. The molecular weight excluding hydrogens is 436 g/mol. The van der Waals surface area contributed by atoms with Gasteiger partial charge in [-0.25, -0.2) is 4.79 Å². The number of carbonyl (C=O) groups is 1. The number of aromatic hydroxyl groups is 1. The molecule has 8 heteroatoms. The Hall–Kier alpha value is -3.94. The van der Waals surface area contributed by atoms with Crippen molar-refractivity contribution in [1.82, 2.24) is 4.57 Å². The minimum Gasteiger partial charge on any atom is -0.506 e. The highest BCUT2D eigenvalue weighted by Crippen LogP contribution is 2.39. The molecule has 0 bridgehead atoms. The molecule has 2 N–H and O–H groups in total. The van der Waals surface area contributed by atoms with Crippen molar-refractivity contribution in [2.75, 3.05) is 33.2 Å². The van der Waals surface area contributed by atoms with Crippen LogP contribution in [0, 0.1) is 0 Å². The zero-order valence-electron chi connectivity index (χ0n) is 19.7. The largest absolute Gasteiger partial charge is 0.506 e. The number of carboxylic acid groups (broad SMARTS) is 1. The molecule has 0 atom stereocenters. The van der Waals surface area contributed by atoms with Gasteiger partial charge in [-0.15, -0.1) is 0 Å². The fourth-order valence-electron chi connectivity index (χ4n) is 4.56. The minimum absolute atomic E-state index is 0.0732. The van der Waals surface area contributed by atoms with Crippen LogP contribution >= 0.6 is 0 Å². The number of ether oxygens (including phenoxy) is 2. The molecule has 0 unspecified atom stereocenters. The molecule has 0 aliphatic heterocycles. The Morgan fingerprint density at radius 2 is 1.85 bits per heavy atom. The highest BCUT2D eigenvalue weighted by molar-refractivity contribution is 5.92. The number of aryl methyl sites for hydroxylation is 1. The fraction of sp³-hybridized carbons (Fsp3) is 0.308. The van der Waals surface area contributed by atoms with Crippen LogP contribution in [0.25, 0.3) is 11.3 Å². The van der Waals surface area contributed by atoms with E-state index < -0.39 is 22.8 Å². The van der Waals surface area contributed by atoms with Gasteiger partial charge in [-0.05, 0) is 49.1 Å². The van der Waals surface area contributed by atoms with Crippen LogP contribution in [0.1, 0.15) is 33.5 Å². The van der Waals surface area contributed by atoms with E-state index in [2.05, 4.69) is 6.07 Å². The zero-order chi connectivity index (χ0) is 24.6. The molecule has 2 aromatic carbocycles. The summed E-state index contributed by atoms with van der Waals surface area (Å²) in [5, 5.41) is 20.6. The van der Waals surface area contributed by atoms with Crippen molar-refractivity contribution in [2.24, 2.45) is 0 Å². The third-order valence-corrected chi connectivity index (χ3v) is 6.31. The molecule has 0 fully saturated rings. The maximum Gasteiger partial charge on any atom is 0.345 e. The number of aromatic carboxylic acids is 1. The Balaban J connectivity index is 2.02. The van der Waals surface area contributed by atoms with Crippen LogP contribution < -0.4 is 19.9 Å². The smallest absolute Gasteiger partial charge is 0.345 e. The second-order valence-electron chi connectivity index (χ2n) is 8.51. The van der Waals surface area contributed by atoms with Crippen molar-refractivity contribution >= 4 is 11.7 Å². The van der Waals surface area contributed by atoms with Crippen LogP contribution in [0.3, 0.4) is 0 Å². The Labute approximate surface area is 197 Å². The first-order valence-electron chi connectivity index (χ1n) is 11.0. The lowest BCUT2D eigenvalue weighted by Crippen LogP contribution is -2.30. The van der Waals surface area contributed by atoms with Gasteiger partial charge in [0.2, 0.25) is 0 Å². The lowest BCUT2D eigenvalue weighted by molar-refractivity contribution is 0.0690. The van der Waals surface area contributed by atoms with Crippen molar-refractivity contribution in [3.63, 3.8) is 0 Å². The van der Waals surface area contributed by atoms with Crippen LogP contribution in [0.2, 0.25) is 0 Å². The number of hydrogen-bond donors (Lipinski definition) is 2. The molecule has 0 saturated heterocycles. The van der Waals surface area contributed by atoms with Gasteiger partial charge >= 0.3 is 5.97 Å². The molecule has 1 heterocycles. The molecule has 178 valence electrons. The lowest BCUT2D eigenvalue weighted by atomic mass is 9.97. The molecule has 1 aromatic heterocycles. The quantitative estimate of drug-likeness (QED) is 0.575. The Kier molecular flexibility index (Phi) is 6.24. The molecule has 0 radical (unpaired) electrons. The van der Waals surface area contributed by atoms with E-state index in [4.69, 9.17) is 9.47 Å². The summed E-state index contributed by atoms with van der Waals surface area (Å²) in [7, 11) is 7.00. The van der Waals surface area contributed by atoms with E-state index >= 15 is 0 Å². The first-order chi connectivity index (χ1) is 16.3. The van der Waals surface area contributed by atoms with Crippen LogP contribution in [0.4, 0.5) is 5.69 Å². The summed E-state index contributed by atoms with van der Waals surface area (Å²) < 4.78 is 12.2. The number of methoxy groups -OCH3 is 2. The second kappa shape index (κ2) is 9.13. The lowest BCUT2D eigenvalue weighted by Gasteiger charge is -2.22. The van der Waals surface area contributed by atoms with Crippen molar-refractivity contribution in [3.8, 4) is 28.5 Å². The van der Waals surface area contributed by atoms with Gasteiger partial charge in [0.05, 0.1) is 26.5 Å². The summed E-state index contributed by atoms with van der Waals surface area (Å²) in [6.45, 7) is 0.0732. The summed E-state index contributed by atoms with van der Waals surface area (Å²) in [5.74, 6) is -0.782. The first kappa shape index (κ1) is 23.2. The number of carboxylic acids is 1. The number of benzene rings is 2. The number of aromatic nitrogens is 1. The van der Waals surface area contributed by atoms with E-state index in [-0.39, 0.29) is 6.54 Å². The molecular formula is C26H28N2O6. The van der Waals surface area contributed by atoms with Crippen LogP contribution in [-0.4, -0.2) is 49.1 Å². The van der Waals surface area contributed by atoms with Gasteiger partial charge in [-0.1, -0.05) is 6.07 Å². The van der Waals surface area contributed by atoms with E-state index in [1.54, 1.807) is 25.3 Å². The summed E-state index contributed by atoms with van der Waals surface area (Å²) in [5.41, 5.74) is 3.22. The number of anilines is 1. The predicted octanol–water partition coefficient (Wildman–Crippen LogP) is 3.54. The van der Waals surface area contributed by atoms with Crippen molar-refractivity contribution in [2.45, 2.75) is 25.8 Å². The Bertz CT molecular complexity index is 1330. The van der Waals surface area contributed by atoms with Gasteiger partial charge in [-0.3, -0.25) is 4.79 Å². The normalized spacial score (nSPS) is 12.4. The van der Waals surface area contributed by atoms with Crippen LogP contribution in [-0.2, 0) is 19.4 Å². The van der Waals surface area contributed by atoms with Crippen LogP contribution in [0.5, 0.6) is 17.2 Å². The number of pyridine rings is 1. The van der Waals surface area contributed by atoms with Gasteiger partial charge in [0, 0.05) is 42.5 Å². The average Bonchev–Trinajstić information content (AvgIpc) is 3.01. The summed E-state index contributed by atoms with van der Waals surface area (Å²) >= 11 is 0. The molecule has 8 nitrogen and oxygen atoms in total. The number of nitrogens with zero attached hydrogens (tertiary/aromatic N) is 2. The SMILES string of the molecule is COc1ccc(Cn2c3c(c(O)c(C(=O)O)c2=O)CCCc2cc(N(C)C)ccc2-3)c(OC)c1. The summed E-state index contributed by atoms with van der Waals surface area (Å²) in [4.78, 5) is 27.5. The molecule has 1 aliphatic rings. The predicted molar refractivity (Wildman–Crippen MR) is 130 cm³/mol. The molecule has 3 aromatic rings. The van der Waals surface area contributed by atoms with E-state index in [1.807, 2.05) is 31.1 Å². The summed E-state index contributed by atoms with van der Waals surface area (Å²) in [6, 6.07) is 11.2. The number of hydrogen-bond acceptors (Lipinski definition) is 6. The molecule has 1 aliphatic carbocycles. The number of fused-ring (bicyclic) bond motifs is 3. The van der Waals surface area contributed by atoms with E-state index in [0.29, 0.717) is 41.2 Å². The van der Waals surface area contributed by atoms with Crippen molar-refractivity contribution < 1.29 is 24.5 Å². The van der Waals surface area contributed by atoms with Crippen LogP contribution in [0.15, 0.2) is 41.2 Å². The molecule has 0 spiro atoms. The van der Waals surface area contributed by atoms with Gasteiger partial charge in [0.1, 0.15) is 17.2 Å². The Morgan fingerprint density at radius 1 is 1.09 bits per heavy atom. The summed E-state index contributed by atoms with van der Waals surface area (Å²) in [6.07, 6.45) is 1.91. The average molecular weight is 465 g/mol. The van der Waals surface area contributed by atoms with E-state index in [1.165, 1.54) is 11.7 Å². The topological polar surface area (TPSA) is 101 Å². The molecule has 34 heavy (non-hydrogen) atoms. The number of rotatable bonds is 6. The standard InChI is InChI=1S/C26H28N2O6/c1-27(2)17-9-11-19-15(12-17)6-5-7-20-23(19)28(25(30)22(24(20)29)26(31)32)14-16-8-10-18(33-3)13-21(16)34-4/h8-13,29H,5-7,14H2,1-4H3,(H,31,32). The van der Waals surface area contributed by atoms with Gasteiger partial charge < -0.3 is 29.2 Å². The fourth-order valence-corrected chi connectivity index (χ4v) is 4.56.